The molecular formula is C12H10O5. The van der Waals surface area contributed by atoms with Crippen LogP contribution >= 0.6 is 0 Å². The maximum atomic E-state index is 11.5. The van der Waals surface area contributed by atoms with Crippen LogP contribution in [0.4, 0.5) is 0 Å². The summed E-state index contributed by atoms with van der Waals surface area (Å²) in [6, 6.07) is 8.19. The van der Waals surface area contributed by atoms with Crippen molar-refractivity contribution in [2.75, 3.05) is 6.61 Å². The molecule has 1 saturated heterocycles. The molecule has 0 spiro atoms. The van der Waals surface area contributed by atoms with Crippen LogP contribution in [0.3, 0.4) is 0 Å². The van der Waals surface area contributed by atoms with Crippen LogP contribution in [0.2, 0.25) is 0 Å². The van der Waals surface area contributed by atoms with Crippen LogP contribution in [0.25, 0.3) is 0 Å². The minimum absolute atomic E-state index is 0.0142. The van der Waals surface area contributed by atoms with Crippen LogP contribution in [-0.2, 0) is 19.1 Å². The molecule has 1 fully saturated rings. The molecule has 88 valence electrons. The second kappa shape index (κ2) is 4.78. The Balaban J connectivity index is 1.95. The van der Waals surface area contributed by atoms with Crippen molar-refractivity contribution in [1.29, 1.82) is 0 Å². The second-order valence-corrected chi connectivity index (χ2v) is 3.66. The zero-order valence-corrected chi connectivity index (χ0v) is 8.92. The summed E-state index contributed by atoms with van der Waals surface area (Å²) < 4.78 is 9.28. The zero-order chi connectivity index (χ0) is 12.3. The van der Waals surface area contributed by atoms with Gasteiger partial charge in [-0.1, -0.05) is 18.2 Å². The van der Waals surface area contributed by atoms with Crippen LogP contribution in [0, 0.1) is 5.92 Å². The van der Waals surface area contributed by atoms with Crippen molar-refractivity contribution < 1.29 is 23.9 Å². The van der Waals surface area contributed by atoms with Crippen molar-refractivity contribution >= 4 is 17.9 Å². The largest absolute Gasteiger partial charge is 0.465 e. The highest BCUT2D eigenvalue weighted by Gasteiger charge is 2.32. The molecule has 0 radical (unpaired) electrons. The number of cyclic esters (lactones) is 1. The van der Waals surface area contributed by atoms with E-state index in [1.54, 1.807) is 30.3 Å². The summed E-state index contributed by atoms with van der Waals surface area (Å²) in [5.41, 5.74) is 0.297. The Morgan fingerprint density at radius 1 is 1.24 bits per heavy atom. The normalized spacial score (nSPS) is 18.6. The maximum absolute atomic E-state index is 11.5. The fourth-order valence-corrected chi connectivity index (χ4v) is 1.47. The Morgan fingerprint density at radius 3 is 2.53 bits per heavy atom. The second-order valence-electron chi connectivity index (χ2n) is 3.66. The minimum atomic E-state index is -0.718. The van der Waals surface area contributed by atoms with Gasteiger partial charge in [0.1, 0.15) is 12.5 Å². The first-order valence-electron chi connectivity index (χ1n) is 5.13. The summed E-state index contributed by atoms with van der Waals surface area (Å²) in [5.74, 6) is -2.55. The monoisotopic (exact) mass is 234 g/mol. The van der Waals surface area contributed by atoms with Crippen LogP contribution < -0.4 is 0 Å². The molecule has 5 nitrogen and oxygen atoms in total. The summed E-state index contributed by atoms with van der Waals surface area (Å²) in [7, 11) is 0. The van der Waals surface area contributed by atoms with Gasteiger partial charge < -0.3 is 9.47 Å². The lowest BCUT2D eigenvalue weighted by atomic mass is 10.1. The van der Waals surface area contributed by atoms with Gasteiger partial charge in [0.15, 0.2) is 0 Å². The lowest BCUT2D eigenvalue weighted by molar-refractivity contribution is -0.142. The average Bonchev–Trinajstić information content (AvgIpc) is 2.77. The van der Waals surface area contributed by atoms with Gasteiger partial charge in [0, 0.05) is 0 Å². The van der Waals surface area contributed by atoms with Gasteiger partial charge in [-0.25, -0.2) is 4.79 Å². The van der Waals surface area contributed by atoms with E-state index in [-0.39, 0.29) is 13.0 Å². The summed E-state index contributed by atoms with van der Waals surface area (Å²) in [5, 5.41) is 0. The fourth-order valence-electron chi connectivity index (χ4n) is 1.47. The van der Waals surface area contributed by atoms with Crippen molar-refractivity contribution in [3.05, 3.63) is 35.9 Å². The SMILES string of the molecule is O=C1C[C@H](C(=O)OC(=O)c2ccccc2)CO1. The predicted molar refractivity (Wildman–Crippen MR) is 55.9 cm³/mol. The highest BCUT2D eigenvalue weighted by molar-refractivity contribution is 5.98. The van der Waals surface area contributed by atoms with Gasteiger partial charge in [-0.15, -0.1) is 0 Å². The number of carbonyl (C=O) groups is 3. The molecule has 1 atom stereocenters. The van der Waals surface area contributed by atoms with E-state index >= 15 is 0 Å². The van der Waals surface area contributed by atoms with E-state index in [1.165, 1.54) is 0 Å². The third kappa shape index (κ3) is 2.69. The number of hydrogen-bond acceptors (Lipinski definition) is 5. The van der Waals surface area contributed by atoms with E-state index in [9.17, 15) is 14.4 Å². The highest BCUT2D eigenvalue weighted by atomic mass is 16.6. The Hall–Kier alpha value is -2.17. The maximum Gasteiger partial charge on any atom is 0.345 e. The van der Waals surface area contributed by atoms with Crippen LogP contribution in [0.5, 0.6) is 0 Å². The molecule has 17 heavy (non-hydrogen) atoms. The molecule has 0 aliphatic carbocycles. The molecule has 1 aromatic carbocycles. The molecule has 0 bridgehead atoms. The summed E-state index contributed by atoms with van der Waals surface area (Å²) >= 11 is 0. The number of ether oxygens (including phenoxy) is 2. The molecule has 0 saturated carbocycles. The third-order valence-corrected chi connectivity index (χ3v) is 2.39. The van der Waals surface area contributed by atoms with Gasteiger partial charge in [0.25, 0.3) is 0 Å². The Bertz CT molecular complexity index is 451. The highest BCUT2D eigenvalue weighted by Crippen LogP contribution is 2.16. The summed E-state index contributed by atoms with van der Waals surface area (Å²) in [6.07, 6.45) is -0.0269. The standard InChI is InChI=1S/C12H10O5/c13-10-6-9(7-16-10)12(15)17-11(14)8-4-2-1-3-5-8/h1-5,9H,6-7H2/t9-/m0/s1. The van der Waals surface area contributed by atoms with Crippen molar-refractivity contribution in [2.45, 2.75) is 6.42 Å². The molecule has 5 heteroatoms. The molecule has 0 amide bonds. The van der Waals surface area contributed by atoms with Gasteiger partial charge in [-0.3, -0.25) is 9.59 Å². The number of esters is 3. The third-order valence-electron chi connectivity index (χ3n) is 2.39. The molecule has 0 N–H and O–H groups in total. The van der Waals surface area contributed by atoms with Gasteiger partial charge in [-0.05, 0) is 12.1 Å². The van der Waals surface area contributed by atoms with Crippen molar-refractivity contribution in [2.24, 2.45) is 5.92 Å². The van der Waals surface area contributed by atoms with Crippen LogP contribution in [-0.4, -0.2) is 24.5 Å². The number of benzene rings is 1. The zero-order valence-electron chi connectivity index (χ0n) is 8.92. The first kappa shape index (κ1) is 11.3. The topological polar surface area (TPSA) is 69.7 Å². The van der Waals surface area contributed by atoms with Crippen molar-refractivity contribution in [3.63, 3.8) is 0 Å². The molecule has 1 aromatic rings. The molecule has 1 aliphatic rings. The summed E-state index contributed by atoms with van der Waals surface area (Å²) in [6.45, 7) is -0.0142. The van der Waals surface area contributed by atoms with Crippen molar-refractivity contribution in [1.82, 2.24) is 0 Å². The quantitative estimate of drug-likeness (QED) is 0.562. The molecular weight excluding hydrogens is 224 g/mol. The smallest absolute Gasteiger partial charge is 0.345 e. The molecule has 1 heterocycles. The van der Waals surface area contributed by atoms with Gasteiger partial charge in [0.2, 0.25) is 0 Å². The average molecular weight is 234 g/mol. The van der Waals surface area contributed by atoms with Crippen LogP contribution in [0.1, 0.15) is 16.8 Å². The van der Waals surface area contributed by atoms with Gasteiger partial charge >= 0.3 is 17.9 Å². The van der Waals surface area contributed by atoms with E-state index in [4.69, 9.17) is 0 Å². The fraction of sp³-hybridized carbons (Fsp3) is 0.250. The number of hydrogen-bond donors (Lipinski definition) is 0. The minimum Gasteiger partial charge on any atom is -0.465 e. The first-order valence-corrected chi connectivity index (χ1v) is 5.13. The Morgan fingerprint density at radius 2 is 1.94 bits per heavy atom. The molecule has 2 rings (SSSR count). The molecule has 0 aromatic heterocycles. The van der Waals surface area contributed by atoms with Crippen molar-refractivity contribution in [3.8, 4) is 0 Å². The van der Waals surface area contributed by atoms with E-state index in [1.807, 2.05) is 0 Å². The Labute approximate surface area is 97.3 Å². The van der Waals surface area contributed by atoms with Gasteiger partial charge in [-0.2, -0.15) is 0 Å². The first-order chi connectivity index (χ1) is 8.16. The lowest BCUT2D eigenvalue weighted by Gasteiger charge is -2.05. The predicted octanol–water partition coefficient (Wildman–Crippen LogP) is 0.933. The van der Waals surface area contributed by atoms with E-state index in [0.717, 1.165) is 0 Å². The van der Waals surface area contributed by atoms with E-state index in [0.29, 0.717) is 5.56 Å². The number of rotatable bonds is 2. The van der Waals surface area contributed by atoms with Gasteiger partial charge in [0.05, 0.1) is 12.0 Å². The van der Waals surface area contributed by atoms with E-state index in [2.05, 4.69) is 9.47 Å². The molecule has 0 unspecified atom stereocenters. The van der Waals surface area contributed by atoms with E-state index < -0.39 is 23.8 Å². The molecule has 1 aliphatic heterocycles. The Kier molecular flexibility index (Phi) is 3.18. The summed E-state index contributed by atoms with van der Waals surface area (Å²) in [4.78, 5) is 33.8. The lowest BCUT2D eigenvalue weighted by Crippen LogP contribution is -2.21. The number of carbonyl (C=O) groups excluding carboxylic acids is 3. The van der Waals surface area contributed by atoms with Crippen LogP contribution in [0.15, 0.2) is 30.3 Å².